The number of benzene rings is 4. The number of fused-ring (bicyclic) bond motifs is 1. The van der Waals surface area contributed by atoms with Crippen LogP contribution in [0.1, 0.15) is 22.3 Å². The average Bonchev–Trinajstić information content (AvgIpc) is 2.89. The van der Waals surface area contributed by atoms with Gasteiger partial charge >= 0.3 is 6.18 Å². The molecule has 1 heterocycles. The number of pyridine rings is 1. The lowest BCUT2D eigenvalue weighted by molar-refractivity contribution is -0.136. The van der Waals surface area contributed by atoms with E-state index < -0.39 is 11.7 Å². The SMILES string of the molecule is FC(F)(F)c1cccc2c(-c3cccc(NCc4cccc(Cl)c4Cl)c3)c(Cc3ccccc3)cnc12. The number of hydrogen-bond donors (Lipinski definition) is 1. The monoisotopic (exact) mass is 536 g/mol. The van der Waals surface area contributed by atoms with Crippen LogP contribution in [0.2, 0.25) is 10.0 Å². The molecule has 0 saturated carbocycles. The van der Waals surface area contributed by atoms with Crippen molar-refractivity contribution in [1.82, 2.24) is 4.98 Å². The van der Waals surface area contributed by atoms with E-state index in [-0.39, 0.29) is 5.52 Å². The molecule has 5 aromatic rings. The molecule has 7 heteroatoms. The number of halogens is 5. The first-order valence-corrected chi connectivity index (χ1v) is 12.4. The van der Waals surface area contributed by atoms with Crippen LogP contribution in [0.5, 0.6) is 0 Å². The Kier molecular flexibility index (Phi) is 7.09. The first-order valence-electron chi connectivity index (χ1n) is 11.6. The Morgan fingerprint density at radius 3 is 2.32 bits per heavy atom. The number of nitrogens with one attached hydrogen (secondary N) is 1. The molecular weight excluding hydrogens is 516 g/mol. The third-order valence-electron chi connectivity index (χ3n) is 6.18. The van der Waals surface area contributed by atoms with Gasteiger partial charge in [0, 0.05) is 23.8 Å². The zero-order valence-electron chi connectivity index (χ0n) is 19.5. The highest BCUT2D eigenvalue weighted by Gasteiger charge is 2.33. The molecule has 0 spiro atoms. The molecule has 0 fully saturated rings. The van der Waals surface area contributed by atoms with Gasteiger partial charge in [0.25, 0.3) is 0 Å². The van der Waals surface area contributed by atoms with E-state index in [0.717, 1.165) is 39.6 Å². The minimum absolute atomic E-state index is 0.0640. The third kappa shape index (κ3) is 5.43. The van der Waals surface area contributed by atoms with Crippen molar-refractivity contribution in [2.45, 2.75) is 19.1 Å². The fourth-order valence-electron chi connectivity index (χ4n) is 4.45. The number of aromatic nitrogens is 1. The molecule has 5 rings (SSSR count). The van der Waals surface area contributed by atoms with E-state index in [0.29, 0.717) is 28.4 Å². The second kappa shape index (κ2) is 10.4. The zero-order chi connectivity index (χ0) is 26.0. The summed E-state index contributed by atoms with van der Waals surface area (Å²) in [5.74, 6) is 0. The maximum absolute atomic E-state index is 13.8. The summed E-state index contributed by atoms with van der Waals surface area (Å²) in [6.07, 6.45) is -2.42. The van der Waals surface area contributed by atoms with Crippen molar-refractivity contribution >= 4 is 39.8 Å². The van der Waals surface area contributed by atoms with Gasteiger partial charge in [0.1, 0.15) is 0 Å². The minimum atomic E-state index is -4.51. The van der Waals surface area contributed by atoms with Gasteiger partial charge in [-0.3, -0.25) is 4.98 Å². The Labute approximate surface area is 222 Å². The molecular formula is C30H21Cl2F3N2. The summed E-state index contributed by atoms with van der Waals surface area (Å²) >= 11 is 12.5. The predicted octanol–water partition coefficient (Wildman–Crippen LogP) is 9.43. The first kappa shape index (κ1) is 25.1. The average molecular weight is 537 g/mol. The van der Waals surface area contributed by atoms with E-state index >= 15 is 0 Å². The zero-order valence-corrected chi connectivity index (χ0v) is 21.0. The second-order valence-electron chi connectivity index (χ2n) is 8.67. The van der Waals surface area contributed by atoms with Gasteiger partial charge < -0.3 is 5.32 Å². The van der Waals surface area contributed by atoms with E-state index in [9.17, 15) is 13.2 Å². The summed E-state index contributed by atoms with van der Waals surface area (Å²) < 4.78 is 41.4. The van der Waals surface area contributed by atoms with Gasteiger partial charge in [-0.1, -0.05) is 89.9 Å². The molecule has 2 nitrogen and oxygen atoms in total. The Morgan fingerprint density at radius 2 is 1.54 bits per heavy atom. The molecule has 37 heavy (non-hydrogen) atoms. The predicted molar refractivity (Wildman–Crippen MR) is 145 cm³/mol. The van der Waals surface area contributed by atoms with Gasteiger partial charge in [-0.05, 0) is 58.5 Å². The Bertz CT molecular complexity index is 1570. The van der Waals surface area contributed by atoms with Gasteiger partial charge in [0.2, 0.25) is 0 Å². The van der Waals surface area contributed by atoms with Crippen molar-refractivity contribution in [2.75, 3.05) is 5.32 Å². The number of nitrogens with zero attached hydrogens (tertiary/aromatic N) is 1. The largest absolute Gasteiger partial charge is 0.418 e. The van der Waals surface area contributed by atoms with Crippen molar-refractivity contribution in [3.63, 3.8) is 0 Å². The Morgan fingerprint density at radius 1 is 0.784 bits per heavy atom. The van der Waals surface area contributed by atoms with Crippen LogP contribution in [-0.2, 0) is 19.1 Å². The lowest BCUT2D eigenvalue weighted by atomic mass is 9.91. The molecule has 1 aromatic heterocycles. The number of rotatable bonds is 6. The summed E-state index contributed by atoms with van der Waals surface area (Å²) in [7, 11) is 0. The molecule has 0 amide bonds. The molecule has 0 atom stereocenters. The smallest absolute Gasteiger partial charge is 0.381 e. The van der Waals surface area contributed by atoms with Crippen molar-refractivity contribution in [3.8, 4) is 11.1 Å². The van der Waals surface area contributed by atoms with Crippen LogP contribution in [0.15, 0.2) is 97.2 Å². The van der Waals surface area contributed by atoms with E-state index in [1.54, 1.807) is 18.3 Å². The van der Waals surface area contributed by atoms with E-state index in [1.165, 1.54) is 6.07 Å². The fourth-order valence-corrected chi connectivity index (χ4v) is 4.84. The molecule has 4 aromatic carbocycles. The summed E-state index contributed by atoms with van der Waals surface area (Å²) in [5.41, 5.74) is 4.23. The van der Waals surface area contributed by atoms with Crippen molar-refractivity contribution in [3.05, 3.63) is 129 Å². The molecule has 0 saturated heterocycles. The first-order chi connectivity index (χ1) is 17.8. The number of alkyl halides is 3. The molecule has 1 N–H and O–H groups in total. The molecule has 0 aliphatic rings. The van der Waals surface area contributed by atoms with E-state index in [1.807, 2.05) is 66.7 Å². The maximum Gasteiger partial charge on any atom is 0.418 e. The Hall–Kier alpha value is -3.54. The highest BCUT2D eigenvalue weighted by molar-refractivity contribution is 6.42. The summed E-state index contributed by atoms with van der Waals surface area (Å²) in [5, 5.41) is 4.77. The molecule has 0 radical (unpaired) electrons. The van der Waals surface area contributed by atoms with Gasteiger partial charge in [0.15, 0.2) is 0 Å². The summed E-state index contributed by atoms with van der Waals surface area (Å²) in [4.78, 5) is 4.28. The van der Waals surface area contributed by atoms with E-state index in [2.05, 4.69) is 10.3 Å². The minimum Gasteiger partial charge on any atom is -0.381 e. The second-order valence-corrected chi connectivity index (χ2v) is 9.45. The third-order valence-corrected chi connectivity index (χ3v) is 7.04. The number of anilines is 1. The number of hydrogen-bond acceptors (Lipinski definition) is 2. The molecule has 186 valence electrons. The molecule has 0 unspecified atom stereocenters. The van der Waals surface area contributed by atoms with Crippen molar-refractivity contribution < 1.29 is 13.2 Å². The quantitative estimate of drug-likeness (QED) is 0.233. The van der Waals surface area contributed by atoms with E-state index in [4.69, 9.17) is 23.2 Å². The normalized spacial score (nSPS) is 11.6. The van der Waals surface area contributed by atoms with Gasteiger partial charge in [0.05, 0.1) is 21.1 Å². The van der Waals surface area contributed by atoms with Crippen LogP contribution in [0.4, 0.5) is 18.9 Å². The standard InChI is InChI=1S/C30H21Cl2F3N2/c31-26-14-5-10-21(28(26)32)17-36-23-11-4-9-20(16-23)27-22(15-19-7-2-1-3-8-19)18-37-29-24(27)12-6-13-25(29)30(33,34)35/h1-14,16,18,36H,15,17H2. The molecule has 0 aliphatic carbocycles. The highest BCUT2D eigenvalue weighted by atomic mass is 35.5. The van der Waals surface area contributed by atoms with Crippen LogP contribution in [0.25, 0.3) is 22.0 Å². The van der Waals surface area contributed by atoms with Crippen molar-refractivity contribution in [1.29, 1.82) is 0 Å². The van der Waals surface area contributed by atoms with Crippen LogP contribution in [0.3, 0.4) is 0 Å². The van der Waals surface area contributed by atoms with Crippen LogP contribution in [0, 0.1) is 0 Å². The maximum atomic E-state index is 13.8. The van der Waals surface area contributed by atoms with Gasteiger partial charge in [-0.25, -0.2) is 0 Å². The van der Waals surface area contributed by atoms with Crippen LogP contribution in [-0.4, -0.2) is 4.98 Å². The highest BCUT2D eigenvalue weighted by Crippen LogP contribution is 2.39. The summed E-state index contributed by atoms with van der Waals surface area (Å²) in [6.45, 7) is 0.440. The van der Waals surface area contributed by atoms with Gasteiger partial charge in [-0.15, -0.1) is 0 Å². The topological polar surface area (TPSA) is 24.9 Å². The number of para-hydroxylation sites is 1. The Balaban J connectivity index is 1.60. The lowest BCUT2D eigenvalue weighted by Crippen LogP contribution is -2.07. The van der Waals surface area contributed by atoms with Crippen LogP contribution < -0.4 is 5.32 Å². The van der Waals surface area contributed by atoms with Crippen molar-refractivity contribution in [2.24, 2.45) is 0 Å². The van der Waals surface area contributed by atoms with Crippen LogP contribution >= 0.6 is 23.2 Å². The molecule has 0 bridgehead atoms. The summed E-state index contributed by atoms with van der Waals surface area (Å²) in [6, 6.07) is 27.1. The van der Waals surface area contributed by atoms with Gasteiger partial charge in [-0.2, -0.15) is 13.2 Å². The molecule has 0 aliphatic heterocycles. The lowest BCUT2D eigenvalue weighted by Gasteiger charge is -2.17. The fraction of sp³-hybridized carbons (Fsp3) is 0.100.